The number of hydrogen-bond donors (Lipinski definition) is 2. The Balaban J connectivity index is 2.71. The number of thiophene rings is 1. The molecule has 0 atom stereocenters. The maximum absolute atomic E-state index is 10.8. The van der Waals surface area contributed by atoms with Crippen molar-refractivity contribution in [3.63, 3.8) is 0 Å². The van der Waals surface area contributed by atoms with E-state index in [9.17, 15) is 4.79 Å². The van der Waals surface area contributed by atoms with E-state index in [4.69, 9.17) is 22.4 Å². The van der Waals surface area contributed by atoms with Crippen LogP contribution in [0.15, 0.2) is 18.2 Å². The molecule has 0 aliphatic heterocycles. The Morgan fingerprint density at radius 2 is 2.27 bits per heavy atom. The highest BCUT2D eigenvalue weighted by atomic mass is 35.5. The number of carboxylic acid groups (broad SMARTS) is 1. The normalized spacial score (nSPS) is 10.8. The number of nitrogens with two attached hydrogens (primary N) is 1. The van der Waals surface area contributed by atoms with Gasteiger partial charge in [-0.25, -0.2) is 4.79 Å². The van der Waals surface area contributed by atoms with Crippen LogP contribution in [-0.4, -0.2) is 11.1 Å². The molecule has 1 aromatic carbocycles. The number of aromatic carboxylic acids is 1. The van der Waals surface area contributed by atoms with E-state index in [1.54, 1.807) is 6.07 Å². The van der Waals surface area contributed by atoms with Crippen LogP contribution in [0.3, 0.4) is 0 Å². The summed E-state index contributed by atoms with van der Waals surface area (Å²) in [5, 5.41) is 10.2. The number of carboxylic acids is 1. The zero-order valence-corrected chi connectivity index (χ0v) is 9.23. The van der Waals surface area contributed by atoms with Crippen LogP contribution >= 0.6 is 22.9 Å². The van der Waals surface area contributed by atoms with Crippen molar-refractivity contribution in [2.75, 3.05) is 0 Å². The summed E-state index contributed by atoms with van der Waals surface area (Å²) in [6.07, 6.45) is 0. The zero-order chi connectivity index (χ0) is 11.0. The Labute approximate surface area is 95.1 Å². The van der Waals surface area contributed by atoms with Gasteiger partial charge in [-0.1, -0.05) is 17.7 Å². The standard InChI is InChI=1S/C10H8ClNO2S/c11-9-5(4-12)1-2-7-6(9)3-8(15-7)10(13)14/h1-3H,4,12H2,(H,13,14). The minimum Gasteiger partial charge on any atom is -0.477 e. The highest BCUT2D eigenvalue weighted by Gasteiger charge is 2.12. The van der Waals surface area contributed by atoms with Gasteiger partial charge in [0.05, 0.1) is 5.02 Å². The summed E-state index contributed by atoms with van der Waals surface area (Å²) in [5.41, 5.74) is 6.34. The van der Waals surface area contributed by atoms with Crippen molar-refractivity contribution in [1.82, 2.24) is 0 Å². The van der Waals surface area contributed by atoms with Crippen molar-refractivity contribution in [2.45, 2.75) is 6.54 Å². The first-order valence-corrected chi connectivity index (χ1v) is 5.47. The van der Waals surface area contributed by atoms with Crippen LogP contribution in [0.4, 0.5) is 0 Å². The van der Waals surface area contributed by atoms with Crippen molar-refractivity contribution in [3.05, 3.63) is 33.7 Å². The predicted octanol–water partition coefficient (Wildman–Crippen LogP) is 2.71. The van der Waals surface area contributed by atoms with Crippen LogP contribution in [-0.2, 0) is 6.54 Å². The van der Waals surface area contributed by atoms with Gasteiger partial charge in [-0.2, -0.15) is 0 Å². The smallest absolute Gasteiger partial charge is 0.345 e. The van der Waals surface area contributed by atoms with Gasteiger partial charge in [0.2, 0.25) is 0 Å². The molecule has 0 radical (unpaired) electrons. The quantitative estimate of drug-likeness (QED) is 0.850. The zero-order valence-electron chi connectivity index (χ0n) is 7.66. The van der Waals surface area contributed by atoms with E-state index in [-0.39, 0.29) is 0 Å². The summed E-state index contributed by atoms with van der Waals surface area (Å²) in [4.78, 5) is 11.1. The Bertz CT molecular complexity index is 535. The van der Waals surface area contributed by atoms with Gasteiger partial charge < -0.3 is 10.8 Å². The fraction of sp³-hybridized carbons (Fsp3) is 0.100. The van der Waals surface area contributed by atoms with Gasteiger partial charge in [-0.3, -0.25) is 0 Å². The molecule has 1 aromatic heterocycles. The highest BCUT2D eigenvalue weighted by Crippen LogP contribution is 2.33. The first kappa shape index (κ1) is 10.4. The van der Waals surface area contributed by atoms with Crippen molar-refractivity contribution in [3.8, 4) is 0 Å². The van der Waals surface area contributed by atoms with Gasteiger partial charge in [-0.05, 0) is 17.7 Å². The molecule has 0 amide bonds. The molecule has 0 unspecified atom stereocenters. The number of hydrogen-bond acceptors (Lipinski definition) is 3. The molecule has 0 saturated carbocycles. The molecule has 0 spiro atoms. The van der Waals surface area contributed by atoms with Gasteiger partial charge in [0.1, 0.15) is 4.88 Å². The van der Waals surface area contributed by atoms with Crippen LogP contribution in [0.5, 0.6) is 0 Å². The second-order valence-electron chi connectivity index (χ2n) is 3.07. The third kappa shape index (κ3) is 1.71. The molecule has 78 valence electrons. The summed E-state index contributed by atoms with van der Waals surface area (Å²) >= 11 is 7.31. The van der Waals surface area contributed by atoms with E-state index in [0.29, 0.717) is 16.4 Å². The number of rotatable bonds is 2. The molecule has 2 aromatic rings. The number of fused-ring (bicyclic) bond motifs is 1. The van der Waals surface area contributed by atoms with Gasteiger partial charge >= 0.3 is 5.97 Å². The average molecular weight is 242 g/mol. The van der Waals surface area contributed by atoms with E-state index < -0.39 is 5.97 Å². The molecule has 3 nitrogen and oxygen atoms in total. The molecule has 5 heteroatoms. The van der Waals surface area contributed by atoms with Crippen LogP contribution in [0.25, 0.3) is 10.1 Å². The lowest BCUT2D eigenvalue weighted by Gasteiger charge is -2.00. The van der Waals surface area contributed by atoms with Crippen LogP contribution < -0.4 is 5.73 Å². The van der Waals surface area contributed by atoms with Crippen molar-refractivity contribution in [2.24, 2.45) is 5.73 Å². The summed E-state index contributed by atoms with van der Waals surface area (Å²) in [7, 11) is 0. The lowest BCUT2D eigenvalue weighted by Crippen LogP contribution is -1.96. The largest absolute Gasteiger partial charge is 0.477 e. The Morgan fingerprint density at radius 1 is 1.53 bits per heavy atom. The molecule has 0 aliphatic carbocycles. The molecule has 0 fully saturated rings. The van der Waals surface area contributed by atoms with Crippen LogP contribution in [0.2, 0.25) is 5.02 Å². The summed E-state index contributed by atoms with van der Waals surface area (Å²) in [5.74, 6) is -0.929. The molecule has 1 heterocycles. The predicted molar refractivity (Wildman–Crippen MR) is 61.7 cm³/mol. The second kappa shape index (κ2) is 3.81. The lowest BCUT2D eigenvalue weighted by atomic mass is 10.1. The molecule has 0 saturated heterocycles. The van der Waals surface area contributed by atoms with Crippen molar-refractivity contribution in [1.29, 1.82) is 0 Å². The molecule has 2 rings (SSSR count). The van der Waals surface area contributed by atoms with Gasteiger partial charge in [0.15, 0.2) is 0 Å². The summed E-state index contributed by atoms with van der Waals surface area (Å²) in [6.45, 7) is 0.354. The Hall–Kier alpha value is -1.10. The minimum atomic E-state index is -0.929. The van der Waals surface area contributed by atoms with E-state index in [0.717, 1.165) is 15.6 Å². The monoisotopic (exact) mass is 241 g/mol. The minimum absolute atomic E-state index is 0.293. The van der Waals surface area contributed by atoms with E-state index >= 15 is 0 Å². The van der Waals surface area contributed by atoms with Crippen molar-refractivity contribution < 1.29 is 9.90 Å². The summed E-state index contributed by atoms with van der Waals surface area (Å²) in [6, 6.07) is 5.26. The molecule has 3 N–H and O–H groups in total. The highest BCUT2D eigenvalue weighted by molar-refractivity contribution is 7.20. The van der Waals surface area contributed by atoms with Gasteiger partial charge in [0, 0.05) is 16.6 Å². The Morgan fingerprint density at radius 3 is 2.87 bits per heavy atom. The number of benzene rings is 1. The van der Waals surface area contributed by atoms with Crippen LogP contribution in [0.1, 0.15) is 15.2 Å². The lowest BCUT2D eigenvalue weighted by molar-refractivity contribution is 0.0702. The first-order chi connectivity index (χ1) is 7.13. The Kier molecular flexibility index (Phi) is 2.65. The molecule has 0 bridgehead atoms. The fourth-order valence-electron chi connectivity index (χ4n) is 1.39. The second-order valence-corrected chi connectivity index (χ2v) is 4.53. The third-order valence-corrected chi connectivity index (χ3v) is 3.68. The van der Waals surface area contributed by atoms with E-state index in [2.05, 4.69) is 0 Å². The fourth-order valence-corrected chi connectivity index (χ4v) is 2.65. The van der Waals surface area contributed by atoms with E-state index in [1.807, 2.05) is 12.1 Å². The maximum atomic E-state index is 10.8. The third-order valence-electron chi connectivity index (χ3n) is 2.15. The molecule has 15 heavy (non-hydrogen) atoms. The summed E-state index contributed by atoms with van der Waals surface area (Å²) < 4.78 is 0.870. The molecular weight excluding hydrogens is 234 g/mol. The van der Waals surface area contributed by atoms with Gasteiger partial charge in [-0.15, -0.1) is 11.3 Å². The SMILES string of the molecule is NCc1ccc2sc(C(=O)O)cc2c1Cl. The number of halogens is 1. The van der Waals surface area contributed by atoms with Crippen molar-refractivity contribution >= 4 is 39.0 Å². The first-order valence-electron chi connectivity index (χ1n) is 4.27. The number of carbonyl (C=O) groups is 1. The topological polar surface area (TPSA) is 63.3 Å². The molecular formula is C10H8ClNO2S. The van der Waals surface area contributed by atoms with E-state index in [1.165, 1.54) is 11.3 Å². The average Bonchev–Trinajstić information content (AvgIpc) is 2.63. The van der Waals surface area contributed by atoms with Gasteiger partial charge in [0.25, 0.3) is 0 Å². The van der Waals surface area contributed by atoms with Crippen LogP contribution in [0, 0.1) is 0 Å². The maximum Gasteiger partial charge on any atom is 0.345 e. The molecule has 0 aliphatic rings.